The second-order valence-corrected chi connectivity index (χ2v) is 2.54. The van der Waals surface area contributed by atoms with E-state index in [4.69, 9.17) is 9.79 Å². The Morgan fingerprint density at radius 2 is 1.71 bits per heavy atom. The van der Waals surface area contributed by atoms with Crippen molar-refractivity contribution in [3.63, 3.8) is 0 Å². The summed E-state index contributed by atoms with van der Waals surface area (Å²) in [5.74, 6) is 0. The topological polar surface area (TPSA) is 83.6 Å². The van der Waals surface area contributed by atoms with E-state index in [1.54, 1.807) is 0 Å². The van der Waals surface area contributed by atoms with Crippen LogP contribution in [0, 0.1) is 0 Å². The predicted octanol–water partition coefficient (Wildman–Crippen LogP) is -0.498. The van der Waals surface area contributed by atoms with Gasteiger partial charge in [0, 0.05) is 0 Å². The van der Waals surface area contributed by atoms with Gasteiger partial charge in [-0.2, -0.15) is 0 Å². The molecule has 46 valence electrons. The summed E-state index contributed by atoms with van der Waals surface area (Å²) >= 11 is 0. The minimum absolute atomic E-state index is 0. The first-order chi connectivity index (χ1) is 2.56. The molecule has 0 unspecified atom stereocenters. The van der Waals surface area contributed by atoms with Crippen molar-refractivity contribution in [2.75, 3.05) is 6.29 Å². The lowest BCUT2D eigenvalue weighted by atomic mass is 11.6. The lowest BCUT2D eigenvalue weighted by Crippen LogP contribution is -1.97. The average molecular weight is 147 g/mol. The zero-order chi connectivity index (χ0) is 5.21. The highest BCUT2D eigenvalue weighted by molar-refractivity contribution is 7.51. The number of hydrogen-bond donors (Lipinski definition) is 3. The molecule has 0 saturated heterocycles. The van der Waals surface area contributed by atoms with Gasteiger partial charge >= 0.3 is 7.60 Å². The molecule has 0 spiro atoms. The van der Waals surface area contributed by atoms with E-state index in [0.717, 1.165) is 0 Å². The van der Waals surface area contributed by atoms with Gasteiger partial charge in [0.05, 0.1) is 6.29 Å². The van der Waals surface area contributed by atoms with E-state index in [1.165, 1.54) is 0 Å². The van der Waals surface area contributed by atoms with Gasteiger partial charge in [0.2, 0.25) is 0 Å². The average Bonchev–Trinajstić information content (AvgIpc) is 1.35. The normalized spacial score (nSPS) is 10.1. The minimum atomic E-state index is -3.87. The van der Waals surface area contributed by atoms with E-state index in [0.29, 0.717) is 0 Å². The summed E-state index contributed by atoms with van der Waals surface area (Å²) in [6, 6.07) is 0. The van der Waals surface area contributed by atoms with Crippen molar-refractivity contribution >= 4 is 20.0 Å². The van der Waals surface area contributed by atoms with E-state index in [2.05, 4.69) is 5.73 Å². The molecule has 0 amide bonds. The fourth-order valence-corrected chi connectivity index (χ4v) is 0. The number of hydrogen-bond acceptors (Lipinski definition) is 2. The molecule has 7 heavy (non-hydrogen) atoms. The van der Waals surface area contributed by atoms with Gasteiger partial charge in [-0.15, -0.1) is 12.4 Å². The van der Waals surface area contributed by atoms with E-state index >= 15 is 0 Å². The van der Waals surface area contributed by atoms with Gasteiger partial charge in [-0.1, -0.05) is 0 Å². The lowest BCUT2D eigenvalue weighted by Gasteiger charge is -1.92. The van der Waals surface area contributed by atoms with Gasteiger partial charge in [-0.25, -0.2) is 0 Å². The summed E-state index contributed by atoms with van der Waals surface area (Å²) in [5, 5.41) is 0. The molecule has 0 aliphatic rings. The van der Waals surface area contributed by atoms with Crippen LogP contribution in [0.15, 0.2) is 0 Å². The first-order valence-corrected chi connectivity index (χ1v) is 3.10. The van der Waals surface area contributed by atoms with Crippen LogP contribution in [0.2, 0.25) is 0 Å². The third kappa shape index (κ3) is 10.7. The zero-order valence-electron chi connectivity index (χ0n) is 3.44. The Labute approximate surface area is 47.3 Å². The molecule has 0 aromatic carbocycles. The molecule has 0 bridgehead atoms. The minimum Gasteiger partial charge on any atom is -0.324 e. The number of nitrogens with two attached hydrogens (primary N) is 1. The van der Waals surface area contributed by atoms with E-state index in [1.807, 2.05) is 0 Å². The van der Waals surface area contributed by atoms with Crippen LogP contribution >= 0.6 is 20.0 Å². The number of halogens is 1. The fraction of sp³-hybridized carbons (Fsp3) is 1.00. The zero-order valence-corrected chi connectivity index (χ0v) is 5.15. The molecule has 0 saturated carbocycles. The van der Waals surface area contributed by atoms with Crippen molar-refractivity contribution in [3.05, 3.63) is 0 Å². The van der Waals surface area contributed by atoms with Crippen LogP contribution < -0.4 is 5.73 Å². The number of rotatable bonds is 1. The molecule has 0 aromatic rings. The lowest BCUT2D eigenvalue weighted by molar-refractivity contribution is 0.374. The smallest absolute Gasteiger partial charge is 0.324 e. The molecule has 0 heterocycles. The Kier molecular flexibility index (Phi) is 5.06. The van der Waals surface area contributed by atoms with E-state index in [-0.39, 0.29) is 12.4 Å². The standard InChI is InChI=1S/CH6NO3P.ClH/c2-1-6(3,4)5;/h1-2H2,(H2,3,4,5);1H. The van der Waals surface area contributed by atoms with Crippen LogP contribution in [0.25, 0.3) is 0 Å². The monoisotopic (exact) mass is 147 g/mol. The Morgan fingerprint density at radius 1 is 1.57 bits per heavy atom. The van der Waals surface area contributed by atoms with Crippen molar-refractivity contribution in [2.24, 2.45) is 5.73 Å². The van der Waals surface area contributed by atoms with Crippen LogP contribution in [0.1, 0.15) is 0 Å². The SMILES string of the molecule is Cl.NCP(=O)(O)O. The van der Waals surface area contributed by atoms with Gasteiger partial charge in [0.15, 0.2) is 0 Å². The first-order valence-electron chi connectivity index (χ1n) is 1.31. The summed E-state index contributed by atoms with van der Waals surface area (Å²) in [5.41, 5.74) is 4.54. The fourth-order valence-electron chi connectivity index (χ4n) is 0. The first kappa shape index (κ1) is 10.4. The van der Waals surface area contributed by atoms with Crippen molar-refractivity contribution < 1.29 is 14.4 Å². The van der Waals surface area contributed by atoms with Crippen molar-refractivity contribution in [1.29, 1.82) is 0 Å². The van der Waals surface area contributed by atoms with Crippen molar-refractivity contribution in [2.45, 2.75) is 0 Å². The summed E-state index contributed by atoms with van der Waals surface area (Å²) in [7, 11) is -3.87. The van der Waals surface area contributed by atoms with Gasteiger partial charge in [0.25, 0.3) is 0 Å². The summed E-state index contributed by atoms with van der Waals surface area (Å²) in [4.78, 5) is 15.6. The van der Waals surface area contributed by atoms with Crippen LogP contribution in [-0.2, 0) is 4.57 Å². The molecule has 0 aliphatic carbocycles. The highest BCUT2D eigenvalue weighted by atomic mass is 35.5. The Morgan fingerprint density at radius 3 is 1.71 bits per heavy atom. The molecule has 0 aliphatic heterocycles. The van der Waals surface area contributed by atoms with Crippen molar-refractivity contribution in [3.8, 4) is 0 Å². The van der Waals surface area contributed by atoms with Gasteiger partial charge in [0.1, 0.15) is 0 Å². The largest absolute Gasteiger partial charge is 0.338 e. The Balaban J connectivity index is 0. The molecule has 0 rings (SSSR count). The third-order valence-electron chi connectivity index (χ3n) is 0.238. The molecule has 6 heteroatoms. The Hall–Kier alpha value is 0.400. The maximum Gasteiger partial charge on any atom is 0.338 e. The van der Waals surface area contributed by atoms with Crippen LogP contribution in [0.4, 0.5) is 0 Å². The van der Waals surface area contributed by atoms with Gasteiger partial charge in [-0.3, -0.25) is 4.57 Å². The van der Waals surface area contributed by atoms with Gasteiger partial charge in [-0.05, 0) is 0 Å². The van der Waals surface area contributed by atoms with Crippen LogP contribution in [-0.4, -0.2) is 16.1 Å². The molecule has 4 nitrogen and oxygen atoms in total. The molecule has 4 N–H and O–H groups in total. The van der Waals surface area contributed by atoms with Crippen molar-refractivity contribution in [1.82, 2.24) is 0 Å². The molecule has 0 fully saturated rings. The molecule has 0 atom stereocenters. The van der Waals surface area contributed by atoms with E-state index < -0.39 is 13.9 Å². The summed E-state index contributed by atoms with van der Waals surface area (Å²) in [6.45, 7) is 0. The van der Waals surface area contributed by atoms with E-state index in [9.17, 15) is 4.57 Å². The quantitative estimate of drug-likeness (QED) is 0.437. The second-order valence-electron chi connectivity index (χ2n) is 0.847. The molecular formula is CH7ClNO3P. The molecular weight excluding hydrogens is 140 g/mol. The summed E-state index contributed by atoms with van der Waals surface area (Å²) < 4.78 is 9.57. The van der Waals surface area contributed by atoms with Gasteiger partial charge < -0.3 is 15.5 Å². The maximum absolute atomic E-state index is 9.57. The molecule has 0 radical (unpaired) electrons. The van der Waals surface area contributed by atoms with Crippen LogP contribution in [0.5, 0.6) is 0 Å². The second kappa shape index (κ2) is 3.41. The third-order valence-corrected chi connectivity index (χ3v) is 0.714. The highest BCUT2D eigenvalue weighted by Gasteiger charge is 2.05. The highest BCUT2D eigenvalue weighted by Crippen LogP contribution is 2.30. The maximum atomic E-state index is 9.57. The summed E-state index contributed by atoms with van der Waals surface area (Å²) in [6.07, 6.45) is -0.562. The Bertz CT molecular complexity index is 79.0. The predicted molar refractivity (Wildman–Crippen MR) is 28.3 cm³/mol. The van der Waals surface area contributed by atoms with Crippen LogP contribution in [0.3, 0.4) is 0 Å². The molecule has 0 aromatic heterocycles.